The summed E-state index contributed by atoms with van der Waals surface area (Å²) in [5, 5.41) is 0.0577. The number of alkyl halides is 1. The second-order valence-electron chi connectivity index (χ2n) is 9.99. The SMILES string of the molecule is COC(=O)[C@]1(Cl)C[C@H]2OC3(CCCCC3)O[C@H]2[C@H](O[Si](C)(C)C(C)(C)C)C1. The van der Waals surface area contributed by atoms with Gasteiger partial charge in [0.05, 0.1) is 19.3 Å². The first-order valence-corrected chi connectivity index (χ1v) is 13.5. The number of fused-ring (bicyclic) bond motifs is 1. The minimum absolute atomic E-state index is 0.0577. The number of carbonyl (C=O) groups excluding carboxylic acids is 1. The van der Waals surface area contributed by atoms with E-state index < -0.39 is 24.9 Å². The maximum atomic E-state index is 12.5. The normalized spacial score (nSPS) is 36.5. The van der Waals surface area contributed by atoms with E-state index in [9.17, 15) is 4.79 Å². The number of ether oxygens (including phenoxy) is 3. The van der Waals surface area contributed by atoms with Gasteiger partial charge in [-0.3, -0.25) is 4.79 Å². The van der Waals surface area contributed by atoms with Gasteiger partial charge in [-0.05, 0) is 31.0 Å². The van der Waals surface area contributed by atoms with E-state index in [1.54, 1.807) is 0 Å². The number of rotatable bonds is 3. The Morgan fingerprint density at radius 3 is 2.30 bits per heavy atom. The van der Waals surface area contributed by atoms with Crippen molar-refractivity contribution in [1.82, 2.24) is 0 Å². The number of carbonyl (C=O) groups is 1. The zero-order valence-corrected chi connectivity index (χ0v) is 19.4. The van der Waals surface area contributed by atoms with E-state index in [2.05, 4.69) is 33.9 Å². The van der Waals surface area contributed by atoms with Crippen LogP contribution in [-0.4, -0.2) is 50.4 Å². The Hall–Kier alpha value is -0.143. The molecule has 2 aliphatic carbocycles. The summed E-state index contributed by atoms with van der Waals surface area (Å²) in [6.07, 6.45) is 5.38. The molecule has 1 saturated heterocycles. The van der Waals surface area contributed by atoms with Crippen LogP contribution in [0.2, 0.25) is 18.1 Å². The van der Waals surface area contributed by atoms with Crippen molar-refractivity contribution in [3.63, 3.8) is 0 Å². The highest BCUT2D eigenvalue weighted by Gasteiger charge is 2.60. The van der Waals surface area contributed by atoms with Crippen LogP contribution in [-0.2, 0) is 23.4 Å². The lowest BCUT2D eigenvalue weighted by molar-refractivity contribution is -0.198. The molecule has 4 atom stereocenters. The minimum atomic E-state index is -2.07. The molecule has 0 unspecified atom stereocenters. The van der Waals surface area contributed by atoms with Crippen molar-refractivity contribution in [2.45, 2.75) is 113 Å². The third-order valence-electron chi connectivity index (χ3n) is 6.92. The van der Waals surface area contributed by atoms with Crippen LogP contribution in [0.1, 0.15) is 65.7 Å². The summed E-state index contributed by atoms with van der Waals surface area (Å²) in [5.41, 5.74) is 0. The second kappa shape index (κ2) is 7.28. The lowest BCUT2D eigenvalue weighted by Gasteiger charge is -2.45. The second-order valence-corrected chi connectivity index (χ2v) is 15.5. The van der Waals surface area contributed by atoms with Crippen molar-refractivity contribution >= 4 is 25.9 Å². The first-order chi connectivity index (χ1) is 12.4. The molecule has 2 saturated carbocycles. The molecule has 1 spiro atoms. The van der Waals surface area contributed by atoms with Crippen LogP contribution >= 0.6 is 11.6 Å². The molecule has 0 bridgehead atoms. The van der Waals surface area contributed by atoms with Crippen molar-refractivity contribution in [1.29, 1.82) is 0 Å². The van der Waals surface area contributed by atoms with E-state index in [4.69, 9.17) is 30.2 Å². The molecule has 1 heterocycles. The van der Waals surface area contributed by atoms with E-state index >= 15 is 0 Å². The van der Waals surface area contributed by atoms with Gasteiger partial charge in [-0.15, -0.1) is 11.6 Å². The Balaban J connectivity index is 1.88. The average molecular weight is 419 g/mol. The van der Waals surface area contributed by atoms with E-state index in [1.807, 2.05) is 0 Å². The fourth-order valence-corrected chi connectivity index (χ4v) is 6.05. The maximum Gasteiger partial charge on any atom is 0.327 e. The molecule has 5 nitrogen and oxygen atoms in total. The molecule has 0 radical (unpaired) electrons. The molecule has 3 rings (SSSR count). The number of hydrogen-bond acceptors (Lipinski definition) is 5. The smallest absolute Gasteiger partial charge is 0.327 e. The van der Waals surface area contributed by atoms with Gasteiger partial charge in [-0.2, -0.15) is 0 Å². The highest BCUT2D eigenvalue weighted by Crippen LogP contribution is 2.50. The van der Waals surface area contributed by atoms with Gasteiger partial charge in [0.25, 0.3) is 0 Å². The Bertz CT molecular complexity index is 569. The van der Waals surface area contributed by atoms with Gasteiger partial charge in [-0.25, -0.2) is 0 Å². The predicted molar refractivity (Wildman–Crippen MR) is 107 cm³/mol. The van der Waals surface area contributed by atoms with Gasteiger partial charge in [0.2, 0.25) is 0 Å². The van der Waals surface area contributed by atoms with Crippen LogP contribution in [0, 0.1) is 0 Å². The van der Waals surface area contributed by atoms with E-state index in [0.717, 1.165) is 25.7 Å². The first kappa shape index (κ1) is 21.6. The monoisotopic (exact) mass is 418 g/mol. The zero-order chi connectivity index (χ0) is 20.1. The summed E-state index contributed by atoms with van der Waals surface area (Å²) in [6, 6.07) is 0. The van der Waals surface area contributed by atoms with E-state index in [-0.39, 0.29) is 23.4 Å². The molecule has 7 heteroatoms. The molecule has 0 amide bonds. The lowest BCUT2D eigenvalue weighted by atomic mass is 9.82. The van der Waals surface area contributed by atoms with Gasteiger partial charge in [0.1, 0.15) is 11.0 Å². The van der Waals surface area contributed by atoms with Crippen LogP contribution in [0.3, 0.4) is 0 Å². The lowest BCUT2D eigenvalue weighted by Crippen LogP contribution is -2.57. The topological polar surface area (TPSA) is 54.0 Å². The Morgan fingerprint density at radius 1 is 1.11 bits per heavy atom. The van der Waals surface area contributed by atoms with Crippen LogP contribution in [0.5, 0.6) is 0 Å². The highest BCUT2D eigenvalue weighted by molar-refractivity contribution is 6.74. The molecule has 27 heavy (non-hydrogen) atoms. The standard InChI is InChI=1S/C20H35ClO5Si/c1-18(2,3)27(5,6)26-15-13-19(21,17(22)23-4)12-14-16(15)25-20(24-14)10-8-7-9-11-20/h14-16H,7-13H2,1-6H3/t14-,15-,16-,19+/m1/s1. The van der Waals surface area contributed by atoms with Crippen molar-refractivity contribution in [2.75, 3.05) is 7.11 Å². The van der Waals surface area contributed by atoms with Gasteiger partial charge in [0.15, 0.2) is 14.1 Å². The van der Waals surface area contributed by atoms with Crippen molar-refractivity contribution in [3.05, 3.63) is 0 Å². The minimum Gasteiger partial charge on any atom is -0.468 e. The van der Waals surface area contributed by atoms with Crippen LogP contribution < -0.4 is 0 Å². The Morgan fingerprint density at radius 2 is 1.74 bits per heavy atom. The molecule has 0 aromatic heterocycles. The molecular formula is C20H35ClO5Si. The molecule has 3 aliphatic rings. The maximum absolute atomic E-state index is 12.5. The van der Waals surface area contributed by atoms with Gasteiger partial charge < -0.3 is 18.6 Å². The third-order valence-corrected chi connectivity index (χ3v) is 11.9. The number of halogens is 1. The average Bonchev–Trinajstić information content (AvgIpc) is 2.90. The predicted octanol–water partition coefficient (Wildman–Crippen LogP) is 4.77. The van der Waals surface area contributed by atoms with Gasteiger partial charge in [0, 0.05) is 25.7 Å². The fourth-order valence-electron chi connectivity index (χ4n) is 4.34. The fraction of sp³-hybridized carbons (Fsp3) is 0.950. The summed E-state index contributed by atoms with van der Waals surface area (Å²) >= 11 is 6.78. The molecule has 0 aromatic carbocycles. The zero-order valence-electron chi connectivity index (χ0n) is 17.6. The van der Waals surface area contributed by atoms with E-state index in [0.29, 0.717) is 12.8 Å². The molecule has 156 valence electrons. The number of hydrogen-bond donors (Lipinski definition) is 0. The van der Waals surface area contributed by atoms with Crippen molar-refractivity contribution in [3.8, 4) is 0 Å². The summed E-state index contributed by atoms with van der Waals surface area (Å²) in [4.78, 5) is 11.3. The molecule has 0 aromatic rings. The highest BCUT2D eigenvalue weighted by atomic mass is 35.5. The number of methoxy groups -OCH3 is 1. The Kier molecular flexibility index (Phi) is 5.81. The number of esters is 1. The van der Waals surface area contributed by atoms with Crippen LogP contribution in [0.25, 0.3) is 0 Å². The first-order valence-electron chi connectivity index (χ1n) is 10.2. The van der Waals surface area contributed by atoms with Crippen LogP contribution in [0.4, 0.5) is 0 Å². The van der Waals surface area contributed by atoms with Gasteiger partial charge in [-0.1, -0.05) is 27.2 Å². The Labute approximate surface area is 169 Å². The summed E-state index contributed by atoms with van der Waals surface area (Å²) in [6.45, 7) is 11.1. The summed E-state index contributed by atoms with van der Waals surface area (Å²) in [5.74, 6) is -0.930. The molecule has 1 aliphatic heterocycles. The molecular weight excluding hydrogens is 384 g/mol. The van der Waals surface area contributed by atoms with Gasteiger partial charge >= 0.3 is 5.97 Å². The molecule has 0 N–H and O–H groups in total. The largest absolute Gasteiger partial charge is 0.468 e. The molecule has 3 fully saturated rings. The third kappa shape index (κ3) is 4.11. The van der Waals surface area contributed by atoms with E-state index in [1.165, 1.54) is 13.5 Å². The van der Waals surface area contributed by atoms with Crippen molar-refractivity contribution < 1.29 is 23.4 Å². The van der Waals surface area contributed by atoms with Crippen molar-refractivity contribution in [2.24, 2.45) is 0 Å². The quantitative estimate of drug-likeness (QED) is 0.375. The summed E-state index contributed by atoms with van der Waals surface area (Å²) in [7, 11) is -0.681. The summed E-state index contributed by atoms with van der Waals surface area (Å²) < 4.78 is 24.7. The van der Waals surface area contributed by atoms with Crippen LogP contribution in [0.15, 0.2) is 0 Å².